The minimum absolute atomic E-state index is 0. The fourth-order valence-electron chi connectivity index (χ4n) is 2.68. The van der Waals surface area contributed by atoms with Crippen molar-refractivity contribution in [2.45, 2.75) is 97.0 Å². The van der Waals surface area contributed by atoms with E-state index >= 15 is 0 Å². The number of carbonyl (C=O) groups excluding carboxylic acids is 1. The number of hydrogen-bond donors (Lipinski definition) is 1. The number of ether oxygens (including phenoxy) is 1. The molecule has 0 rings (SSSR count). The first-order chi connectivity index (χ1) is 13.8. The molecule has 2 unspecified atom stereocenters. The summed E-state index contributed by atoms with van der Waals surface area (Å²) >= 11 is 0. The van der Waals surface area contributed by atoms with Gasteiger partial charge in [-0.15, -0.1) is 0 Å². The Morgan fingerprint density at radius 1 is 0.933 bits per heavy atom. The quantitative estimate of drug-likeness (QED) is 0.0973. The van der Waals surface area contributed by atoms with Gasteiger partial charge in [-0.05, 0) is 13.3 Å². The third-order valence-corrected chi connectivity index (χ3v) is 5.39. The molecular formula is C21H40NaO7P. The van der Waals surface area contributed by atoms with Crippen molar-refractivity contribution in [3.8, 4) is 0 Å². The summed E-state index contributed by atoms with van der Waals surface area (Å²) in [6, 6.07) is 0. The second kappa shape index (κ2) is 21.1. The molecule has 0 fully saturated rings. The topological polar surface area (TPSA) is 105 Å². The van der Waals surface area contributed by atoms with Gasteiger partial charge in [0.05, 0.1) is 13.2 Å². The number of esters is 1. The minimum Gasteiger partial charge on any atom is -0.756 e. The summed E-state index contributed by atoms with van der Waals surface area (Å²) in [5, 5.41) is 9.58. The predicted octanol–water partition coefficient (Wildman–Crippen LogP) is 1.67. The van der Waals surface area contributed by atoms with Crippen LogP contribution in [0.2, 0.25) is 0 Å². The van der Waals surface area contributed by atoms with Crippen LogP contribution in [0.15, 0.2) is 12.2 Å². The van der Waals surface area contributed by atoms with Crippen LogP contribution in [0.4, 0.5) is 0 Å². The SMILES string of the molecule is C=C(C)C(=O)OCC(O)COP(=O)([O-])OCCCCCCCCCCCCCC.[Na+]. The number of unbranched alkanes of at least 4 members (excludes halogenated alkanes) is 11. The fourth-order valence-corrected chi connectivity index (χ4v) is 3.46. The molecule has 30 heavy (non-hydrogen) atoms. The molecule has 2 atom stereocenters. The molecule has 0 aromatic carbocycles. The van der Waals surface area contributed by atoms with Crippen molar-refractivity contribution in [2.24, 2.45) is 0 Å². The van der Waals surface area contributed by atoms with Gasteiger partial charge in [0.2, 0.25) is 0 Å². The molecule has 0 saturated heterocycles. The molecule has 0 aromatic heterocycles. The van der Waals surface area contributed by atoms with Crippen molar-refractivity contribution in [2.75, 3.05) is 19.8 Å². The number of aliphatic hydroxyl groups is 1. The van der Waals surface area contributed by atoms with Crippen LogP contribution in [0.3, 0.4) is 0 Å². The van der Waals surface area contributed by atoms with Gasteiger partial charge in [-0.3, -0.25) is 4.57 Å². The number of phosphoric ester groups is 1. The van der Waals surface area contributed by atoms with Crippen molar-refractivity contribution >= 4 is 13.8 Å². The molecule has 7 nitrogen and oxygen atoms in total. The molecule has 9 heteroatoms. The van der Waals surface area contributed by atoms with Crippen LogP contribution in [0.25, 0.3) is 0 Å². The molecule has 0 spiro atoms. The smallest absolute Gasteiger partial charge is 0.756 e. The summed E-state index contributed by atoms with van der Waals surface area (Å²) in [4.78, 5) is 22.8. The number of carbonyl (C=O) groups is 1. The third kappa shape index (κ3) is 21.5. The average Bonchev–Trinajstić information content (AvgIpc) is 2.68. The standard InChI is InChI=1S/C21H41O7P.Na/c1-4-5-6-7-8-9-10-11-12-13-14-15-16-27-29(24,25)28-18-20(22)17-26-21(23)19(2)3;/h20,22H,2,4-18H2,1,3H3,(H,24,25);/q;+1/p-1. The van der Waals surface area contributed by atoms with Crippen LogP contribution in [-0.4, -0.2) is 37.0 Å². The Morgan fingerprint density at radius 3 is 1.87 bits per heavy atom. The Kier molecular flexibility index (Phi) is 22.9. The predicted molar refractivity (Wildman–Crippen MR) is 112 cm³/mol. The number of phosphoric acid groups is 1. The van der Waals surface area contributed by atoms with Gasteiger partial charge in [-0.1, -0.05) is 84.1 Å². The van der Waals surface area contributed by atoms with Crippen molar-refractivity contribution in [1.29, 1.82) is 0 Å². The summed E-state index contributed by atoms with van der Waals surface area (Å²) in [5.74, 6) is -0.655. The van der Waals surface area contributed by atoms with Gasteiger partial charge in [0, 0.05) is 5.57 Å². The number of rotatable bonds is 20. The zero-order valence-electron chi connectivity index (χ0n) is 19.2. The number of hydrogen-bond acceptors (Lipinski definition) is 7. The third-order valence-electron chi connectivity index (χ3n) is 4.43. The summed E-state index contributed by atoms with van der Waals surface area (Å²) in [5.41, 5.74) is 0.193. The molecule has 0 radical (unpaired) electrons. The minimum atomic E-state index is -4.46. The summed E-state index contributed by atoms with van der Waals surface area (Å²) in [6.07, 6.45) is 13.0. The summed E-state index contributed by atoms with van der Waals surface area (Å²) < 4.78 is 25.7. The molecule has 0 aliphatic rings. The Morgan fingerprint density at radius 2 is 1.40 bits per heavy atom. The molecule has 0 heterocycles. The molecule has 0 aromatic rings. The first-order valence-corrected chi connectivity index (χ1v) is 12.4. The van der Waals surface area contributed by atoms with E-state index in [4.69, 9.17) is 9.26 Å². The zero-order chi connectivity index (χ0) is 22.0. The van der Waals surface area contributed by atoms with Crippen molar-refractivity contribution in [3.63, 3.8) is 0 Å². The van der Waals surface area contributed by atoms with Crippen molar-refractivity contribution in [1.82, 2.24) is 0 Å². The van der Waals surface area contributed by atoms with E-state index in [1.54, 1.807) is 0 Å². The molecule has 0 bridgehead atoms. The normalized spacial score (nSPS) is 13.9. The monoisotopic (exact) mass is 458 g/mol. The Hall–Kier alpha value is 0.280. The summed E-state index contributed by atoms with van der Waals surface area (Å²) in [7, 11) is -4.46. The van der Waals surface area contributed by atoms with Gasteiger partial charge in [0.1, 0.15) is 12.7 Å². The second-order valence-corrected chi connectivity index (χ2v) is 8.91. The van der Waals surface area contributed by atoms with Gasteiger partial charge in [-0.2, -0.15) is 0 Å². The van der Waals surface area contributed by atoms with E-state index < -0.39 is 26.5 Å². The Bertz CT molecular complexity index is 488. The average molecular weight is 459 g/mol. The van der Waals surface area contributed by atoms with Crippen LogP contribution in [0.5, 0.6) is 0 Å². The second-order valence-electron chi connectivity index (χ2n) is 7.50. The summed E-state index contributed by atoms with van der Waals surface area (Å²) in [6.45, 7) is 6.27. The van der Waals surface area contributed by atoms with E-state index in [2.05, 4.69) is 18.0 Å². The molecule has 1 N–H and O–H groups in total. The molecule has 172 valence electrons. The molecule has 0 aliphatic carbocycles. The van der Waals surface area contributed by atoms with Gasteiger partial charge in [0.15, 0.2) is 0 Å². The first-order valence-electron chi connectivity index (χ1n) is 10.9. The van der Waals surface area contributed by atoms with E-state index in [0.29, 0.717) is 6.42 Å². The van der Waals surface area contributed by atoms with E-state index in [1.807, 2.05) is 0 Å². The molecular weight excluding hydrogens is 418 g/mol. The maximum Gasteiger partial charge on any atom is 1.00 e. The van der Waals surface area contributed by atoms with E-state index in [0.717, 1.165) is 19.3 Å². The van der Waals surface area contributed by atoms with Crippen LogP contribution in [0, 0.1) is 0 Å². The fraction of sp³-hybridized carbons (Fsp3) is 0.857. The zero-order valence-corrected chi connectivity index (χ0v) is 22.1. The maximum absolute atomic E-state index is 11.6. The van der Waals surface area contributed by atoms with Gasteiger partial charge < -0.3 is 23.8 Å². The van der Waals surface area contributed by atoms with Crippen LogP contribution >= 0.6 is 7.82 Å². The van der Waals surface area contributed by atoms with Crippen LogP contribution in [0.1, 0.15) is 90.9 Å². The van der Waals surface area contributed by atoms with Crippen LogP contribution in [-0.2, 0) is 23.1 Å². The van der Waals surface area contributed by atoms with Crippen LogP contribution < -0.4 is 34.5 Å². The van der Waals surface area contributed by atoms with Crippen molar-refractivity contribution in [3.05, 3.63) is 12.2 Å². The van der Waals surface area contributed by atoms with Gasteiger partial charge >= 0.3 is 35.5 Å². The largest absolute Gasteiger partial charge is 1.00 e. The molecule has 0 aliphatic heterocycles. The van der Waals surface area contributed by atoms with E-state index in [-0.39, 0.29) is 48.3 Å². The van der Waals surface area contributed by atoms with Gasteiger partial charge in [0.25, 0.3) is 7.82 Å². The van der Waals surface area contributed by atoms with E-state index in [1.165, 1.54) is 58.3 Å². The molecule has 0 saturated carbocycles. The maximum atomic E-state index is 11.6. The van der Waals surface area contributed by atoms with Crippen molar-refractivity contribution < 1.29 is 62.7 Å². The Labute approximate surface area is 204 Å². The number of aliphatic hydroxyl groups excluding tert-OH is 1. The molecule has 0 amide bonds. The van der Waals surface area contributed by atoms with Gasteiger partial charge in [-0.25, -0.2) is 4.79 Å². The first kappa shape index (κ1) is 32.5. The Balaban J connectivity index is 0. The van der Waals surface area contributed by atoms with E-state index in [9.17, 15) is 19.4 Å².